The number of carbonyl (C=O) groups excluding carboxylic acids is 2. The molecule has 3 aromatic rings. The number of halogens is 2. The van der Waals surface area contributed by atoms with Crippen LogP contribution in [0, 0.1) is 3.57 Å². The zero-order chi connectivity index (χ0) is 17.8. The fourth-order valence-corrected chi connectivity index (χ4v) is 2.83. The Labute approximate surface area is 162 Å². The molecular formula is C18H12ClIN2O3. The first-order valence-electron chi connectivity index (χ1n) is 7.25. The summed E-state index contributed by atoms with van der Waals surface area (Å²) in [7, 11) is 0. The first-order chi connectivity index (χ1) is 12.0. The third-order valence-corrected chi connectivity index (χ3v) is 4.34. The van der Waals surface area contributed by atoms with Crippen molar-refractivity contribution in [2.24, 2.45) is 0 Å². The van der Waals surface area contributed by atoms with Gasteiger partial charge in [-0.05, 0) is 65.1 Å². The van der Waals surface area contributed by atoms with Crippen LogP contribution in [0.25, 0.3) is 0 Å². The lowest BCUT2D eigenvalue weighted by molar-refractivity contribution is 0.0996. The molecule has 0 fully saturated rings. The summed E-state index contributed by atoms with van der Waals surface area (Å²) in [5.74, 6) is -0.643. The molecule has 0 bridgehead atoms. The zero-order valence-electron chi connectivity index (χ0n) is 12.8. The van der Waals surface area contributed by atoms with Gasteiger partial charge in [0.2, 0.25) is 0 Å². The maximum atomic E-state index is 12.7. The Bertz CT molecular complexity index is 926. The average molecular weight is 467 g/mol. The van der Waals surface area contributed by atoms with Gasteiger partial charge in [0.05, 0.1) is 28.2 Å². The summed E-state index contributed by atoms with van der Waals surface area (Å²) in [6.45, 7) is 0. The molecule has 2 aromatic carbocycles. The number of furan rings is 1. The third kappa shape index (κ3) is 4.21. The van der Waals surface area contributed by atoms with Gasteiger partial charge in [-0.3, -0.25) is 9.59 Å². The molecule has 5 nitrogen and oxygen atoms in total. The number of hydrogen-bond donors (Lipinski definition) is 2. The number of carbonyl (C=O) groups is 2. The summed E-state index contributed by atoms with van der Waals surface area (Å²) in [5.41, 5.74) is 1.20. The van der Waals surface area contributed by atoms with Crippen molar-refractivity contribution >= 4 is 57.4 Å². The molecule has 0 aliphatic carbocycles. The monoisotopic (exact) mass is 466 g/mol. The molecule has 2 N–H and O–H groups in total. The Kier molecular flexibility index (Phi) is 5.40. The van der Waals surface area contributed by atoms with Crippen LogP contribution in [-0.2, 0) is 0 Å². The smallest absolute Gasteiger partial charge is 0.291 e. The quantitative estimate of drug-likeness (QED) is 0.529. The van der Waals surface area contributed by atoms with E-state index < -0.39 is 5.91 Å². The predicted octanol–water partition coefficient (Wildman–Crippen LogP) is 5.04. The van der Waals surface area contributed by atoms with E-state index in [1.807, 2.05) is 0 Å². The molecule has 1 heterocycles. The average Bonchev–Trinajstić information content (AvgIpc) is 3.13. The molecule has 3 rings (SSSR count). The topological polar surface area (TPSA) is 71.3 Å². The molecule has 25 heavy (non-hydrogen) atoms. The molecule has 0 atom stereocenters. The van der Waals surface area contributed by atoms with E-state index in [0.29, 0.717) is 22.0 Å². The van der Waals surface area contributed by atoms with E-state index in [4.69, 9.17) is 16.0 Å². The largest absolute Gasteiger partial charge is 0.459 e. The lowest BCUT2D eigenvalue weighted by Gasteiger charge is -2.12. The van der Waals surface area contributed by atoms with Crippen LogP contribution in [0.3, 0.4) is 0 Å². The minimum atomic E-state index is -0.432. The second kappa shape index (κ2) is 7.71. The highest BCUT2D eigenvalue weighted by Gasteiger charge is 2.17. The third-order valence-electron chi connectivity index (χ3n) is 3.34. The lowest BCUT2D eigenvalue weighted by Crippen LogP contribution is -2.18. The fraction of sp³-hybridized carbons (Fsp3) is 0. The van der Waals surface area contributed by atoms with E-state index in [0.717, 1.165) is 3.57 Å². The normalized spacial score (nSPS) is 10.3. The zero-order valence-corrected chi connectivity index (χ0v) is 15.7. The van der Waals surface area contributed by atoms with E-state index in [2.05, 4.69) is 33.2 Å². The van der Waals surface area contributed by atoms with Crippen molar-refractivity contribution in [3.05, 3.63) is 80.8 Å². The molecule has 1 aromatic heterocycles. The second-order valence-corrected chi connectivity index (χ2v) is 6.71. The van der Waals surface area contributed by atoms with Gasteiger partial charge in [-0.15, -0.1) is 0 Å². The van der Waals surface area contributed by atoms with Gasteiger partial charge in [0.1, 0.15) is 0 Å². The standard InChI is InChI=1S/C18H12ClIN2O3/c19-13-4-1-2-5-15(13)22-17(23)12-10-11(20)7-8-14(12)21-18(24)16-6-3-9-25-16/h1-10H,(H,21,24)(H,22,23). The van der Waals surface area contributed by atoms with E-state index in [1.54, 1.807) is 54.6 Å². The van der Waals surface area contributed by atoms with Crippen LogP contribution in [0.1, 0.15) is 20.9 Å². The molecule has 0 saturated heterocycles. The van der Waals surface area contributed by atoms with Crippen molar-refractivity contribution in [2.45, 2.75) is 0 Å². The summed E-state index contributed by atoms with van der Waals surface area (Å²) in [6, 6.07) is 15.3. The number of rotatable bonds is 4. The van der Waals surface area contributed by atoms with E-state index in [1.165, 1.54) is 6.26 Å². The molecule has 0 saturated carbocycles. The number of nitrogens with one attached hydrogen (secondary N) is 2. The van der Waals surface area contributed by atoms with Crippen molar-refractivity contribution < 1.29 is 14.0 Å². The van der Waals surface area contributed by atoms with Gasteiger partial charge in [0.15, 0.2) is 5.76 Å². The van der Waals surface area contributed by atoms with Crippen LogP contribution < -0.4 is 10.6 Å². The van der Waals surface area contributed by atoms with Crippen molar-refractivity contribution in [3.8, 4) is 0 Å². The van der Waals surface area contributed by atoms with Gasteiger partial charge in [-0.1, -0.05) is 23.7 Å². The van der Waals surface area contributed by atoms with Crippen molar-refractivity contribution in [1.29, 1.82) is 0 Å². The summed E-state index contributed by atoms with van der Waals surface area (Å²) < 4.78 is 5.93. The van der Waals surface area contributed by atoms with Gasteiger partial charge in [0, 0.05) is 3.57 Å². The highest BCUT2D eigenvalue weighted by molar-refractivity contribution is 14.1. The number of anilines is 2. The molecule has 0 spiro atoms. The van der Waals surface area contributed by atoms with Crippen LogP contribution >= 0.6 is 34.2 Å². The summed E-state index contributed by atoms with van der Waals surface area (Å²) in [5, 5.41) is 5.88. The summed E-state index contributed by atoms with van der Waals surface area (Å²) >= 11 is 8.18. The van der Waals surface area contributed by atoms with Gasteiger partial charge >= 0.3 is 0 Å². The number of amides is 2. The maximum absolute atomic E-state index is 12.7. The fourth-order valence-electron chi connectivity index (χ4n) is 2.16. The minimum absolute atomic E-state index is 0.163. The predicted molar refractivity (Wildman–Crippen MR) is 105 cm³/mol. The van der Waals surface area contributed by atoms with E-state index in [9.17, 15) is 9.59 Å². The molecule has 2 amide bonds. The number of benzene rings is 2. The Balaban J connectivity index is 1.87. The van der Waals surface area contributed by atoms with E-state index >= 15 is 0 Å². The molecule has 7 heteroatoms. The minimum Gasteiger partial charge on any atom is -0.459 e. The molecule has 0 aliphatic rings. The van der Waals surface area contributed by atoms with Gasteiger partial charge < -0.3 is 15.1 Å². The lowest BCUT2D eigenvalue weighted by atomic mass is 10.1. The molecular weight excluding hydrogens is 455 g/mol. The van der Waals surface area contributed by atoms with Crippen molar-refractivity contribution in [1.82, 2.24) is 0 Å². The summed E-state index contributed by atoms with van der Waals surface area (Å²) in [6.07, 6.45) is 1.41. The molecule has 0 unspecified atom stereocenters. The molecule has 0 radical (unpaired) electrons. The van der Waals surface area contributed by atoms with Crippen LogP contribution in [-0.4, -0.2) is 11.8 Å². The summed E-state index contributed by atoms with van der Waals surface area (Å²) in [4.78, 5) is 24.8. The number of hydrogen-bond acceptors (Lipinski definition) is 3. The highest BCUT2D eigenvalue weighted by Crippen LogP contribution is 2.24. The Morgan fingerprint density at radius 1 is 0.920 bits per heavy atom. The highest BCUT2D eigenvalue weighted by atomic mass is 127. The van der Waals surface area contributed by atoms with Gasteiger partial charge in [-0.2, -0.15) is 0 Å². The van der Waals surface area contributed by atoms with Crippen molar-refractivity contribution in [3.63, 3.8) is 0 Å². The van der Waals surface area contributed by atoms with Gasteiger partial charge in [-0.25, -0.2) is 0 Å². The Hall–Kier alpha value is -2.32. The van der Waals surface area contributed by atoms with Crippen LogP contribution in [0.15, 0.2) is 65.3 Å². The maximum Gasteiger partial charge on any atom is 0.291 e. The van der Waals surface area contributed by atoms with E-state index in [-0.39, 0.29) is 11.7 Å². The van der Waals surface area contributed by atoms with Crippen LogP contribution in [0.2, 0.25) is 5.02 Å². The SMILES string of the molecule is O=C(Nc1ccc(I)cc1C(=O)Nc1ccccc1Cl)c1ccco1. The number of para-hydroxylation sites is 1. The Morgan fingerprint density at radius 3 is 2.40 bits per heavy atom. The first kappa shape index (κ1) is 17.5. The molecule has 126 valence electrons. The van der Waals surface area contributed by atoms with Crippen LogP contribution in [0.4, 0.5) is 11.4 Å². The second-order valence-electron chi connectivity index (χ2n) is 5.06. The first-order valence-corrected chi connectivity index (χ1v) is 8.70. The van der Waals surface area contributed by atoms with Crippen molar-refractivity contribution in [2.75, 3.05) is 10.6 Å². The molecule has 0 aliphatic heterocycles. The van der Waals surface area contributed by atoms with Gasteiger partial charge in [0.25, 0.3) is 11.8 Å². The Morgan fingerprint density at radius 2 is 1.68 bits per heavy atom. The van der Waals surface area contributed by atoms with Crippen LogP contribution in [0.5, 0.6) is 0 Å².